The van der Waals surface area contributed by atoms with Gasteiger partial charge in [-0.2, -0.15) is 0 Å². The molecule has 2 rings (SSSR count). The van der Waals surface area contributed by atoms with E-state index < -0.39 is 16.8 Å². The van der Waals surface area contributed by atoms with Crippen LogP contribution in [0.25, 0.3) is 0 Å². The number of nitro benzene ring substituents is 1. The lowest BCUT2D eigenvalue weighted by Gasteiger charge is -2.22. The number of non-ortho nitro benzene ring substituents is 1. The molecule has 0 fully saturated rings. The van der Waals surface area contributed by atoms with Crippen LogP contribution in [0, 0.1) is 10.1 Å². The maximum Gasteiger partial charge on any atom is 0.338 e. The normalized spacial score (nSPS) is 11.9. The van der Waals surface area contributed by atoms with Crippen molar-refractivity contribution < 1.29 is 23.7 Å². The Morgan fingerprint density at radius 1 is 1.30 bits per heavy atom. The van der Waals surface area contributed by atoms with Crippen LogP contribution in [0.5, 0.6) is 0 Å². The first kappa shape index (κ1) is 20.1. The lowest BCUT2D eigenvalue weighted by atomic mass is 10.1. The predicted molar refractivity (Wildman–Crippen MR) is 96.5 cm³/mol. The number of nitrogens with one attached hydrogen (secondary N) is 1. The molecule has 0 aliphatic carbocycles. The molecule has 1 unspecified atom stereocenters. The molecule has 1 N–H and O–H groups in total. The molecular weight excluding hydrogens is 354 g/mol. The molecule has 1 aromatic carbocycles. The molecule has 1 amide bonds. The van der Waals surface area contributed by atoms with E-state index in [0.29, 0.717) is 5.76 Å². The number of benzene rings is 1. The van der Waals surface area contributed by atoms with Crippen LogP contribution in [0.4, 0.5) is 5.69 Å². The van der Waals surface area contributed by atoms with E-state index in [0.717, 1.165) is 12.1 Å². The second-order valence-electron chi connectivity index (χ2n) is 5.95. The van der Waals surface area contributed by atoms with Gasteiger partial charge in [-0.05, 0) is 39.2 Å². The molecule has 1 atom stereocenters. The zero-order valence-electron chi connectivity index (χ0n) is 15.3. The number of likely N-dealkylation sites (N-methyl/N-ethyl adjacent to an activating group) is 1. The van der Waals surface area contributed by atoms with Gasteiger partial charge in [0, 0.05) is 24.2 Å². The van der Waals surface area contributed by atoms with Crippen molar-refractivity contribution in [3.8, 4) is 0 Å². The van der Waals surface area contributed by atoms with E-state index in [-0.39, 0.29) is 36.0 Å². The molecular formula is C18H21N3O6. The summed E-state index contributed by atoms with van der Waals surface area (Å²) >= 11 is 0. The van der Waals surface area contributed by atoms with Gasteiger partial charge in [-0.25, -0.2) is 4.79 Å². The van der Waals surface area contributed by atoms with Crippen LogP contribution in [-0.2, 0) is 4.74 Å². The Hall–Kier alpha value is -3.20. The van der Waals surface area contributed by atoms with E-state index in [1.54, 1.807) is 25.3 Å². The fraction of sp³-hybridized carbons (Fsp3) is 0.333. The molecule has 1 heterocycles. The molecule has 0 saturated carbocycles. The van der Waals surface area contributed by atoms with Crippen LogP contribution in [0.15, 0.2) is 41.0 Å². The summed E-state index contributed by atoms with van der Waals surface area (Å²) < 4.78 is 10.2. The lowest BCUT2D eigenvalue weighted by Crippen LogP contribution is -2.34. The van der Waals surface area contributed by atoms with Crippen LogP contribution in [-0.4, -0.2) is 48.9 Å². The Morgan fingerprint density at radius 2 is 2.00 bits per heavy atom. The van der Waals surface area contributed by atoms with Gasteiger partial charge in [0.1, 0.15) is 5.76 Å². The quantitative estimate of drug-likeness (QED) is 0.428. The highest BCUT2D eigenvalue weighted by atomic mass is 16.6. The molecule has 0 spiro atoms. The van der Waals surface area contributed by atoms with Crippen LogP contribution in [0.2, 0.25) is 0 Å². The minimum atomic E-state index is -0.725. The van der Waals surface area contributed by atoms with E-state index in [2.05, 4.69) is 5.32 Å². The lowest BCUT2D eigenvalue weighted by molar-refractivity contribution is -0.384. The van der Waals surface area contributed by atoms with Crippen molar-refractivity contribution in [2.75, 3.05) is 27.2 Å². The monoisotopic (exact) mass is 375 g/mol. The SMILES string of the molecule is CCOC(=O)c1cc(C(=O)NCC(c2ccco2)N(C)C)cc([N+](=O)[O-])c1. The Bertz CT molecular complexity index is 817. The summed E-state index contributed by atoms with van der Waals surface area (Å²) in [5, 5.41) is 13.8. The zero-order chi connectivity index (χ0) is 20.0. The number of ether oxygens (including phenoxy) is 1. The van der Waals surface area contributed by atoms with Crippen LogP contribution in [0.3, 0.4) is 0 Å². The van der Waals surface area contributed by atoms with Gasteiger partial charge in [-0.15, -0.1) is 0 Å². The summed E-state index contributed by atoms with van der Waals surface area (Å²) in [4.78, 5) is 36.8. The van der Waals surface area contributed by atoms with Crippen LogP contribution >= 0.6 is 0 Å². The molecule has 2 aromatic rings. The average Bonchev–Trinajstić information content (AvgIpc) is 3.15. The molecule has 0 bridgehead atoms. The first-order chi connectivity index (χ1) is 12.8. The highest BCUT2D eigenvalue weighted by Gasteiger charge is 2.21. The van der Waals surface area contributed by atoms with E-state index in [4.69, 9.17) is 9.15 Å². The molecule has 0 aliphatic rings. The van der Waals surface area contributed by atoms with Gasteiger partial charge >= 0.3 is 5.97 Å². The van der Waals surface area contributed by atoms with Crippen LogP contribution in [0.1, 0.15) is 39.4 Å². The first-order valence-corrected chi connectivity index (χ1v) is 8.28. The summed E-state index contributed by atoms with van der Waals surface area (Å²) in [5.74, 6) is -0.591. The molecule has 0 saturated heterocycles. The summed E-state index contributed by atoms with van der Waals surface area (Å²) in [6.45, 7) is 1.96. The minimum Gasteiger partial charge on any atom is -0.468 e. The topological polar surface area (TPSA) is 115 Å². The minimum absolute atomic E-state index is 0.00389. The molecule has 9 heteroatoms. The third kappa shape index (κ3) is 5.14. The van der Waals surface area contributed by atoms with Crippen molar-refractivity contribution in [1.82, 2.24) is 10.2 Å². The molecule has 144 valence electrons. The summed E-state index contributed by atoms with van der Waals surface area (Å²) in [6, 6.07) is 6.81. The Morgan fingerprint density at radius 3 is 2.56 bits per heavy atom. The van der Waals surface area contributed by atoms with Gasteiger partial charge in [-0.1, -0.05) is 0 Å². The molecule has 27 heavy (non-hydrogen) atoms. The third-order valence-corrected chi connectivity index (χ3v) is 3.85. The maximum absolute atomic E-state index is 12.5. The van der Waals surface area contributed by atoms with E-state index in [1.807, 2.05) is 19.0 Å². The van der Waals surface area contributed by atoms with E-state index in [1.165, 1.54) is 6.07 Å². The molecule has 0 aliphatic heterocycles. The smallest absolute Gasteiger partial charge is 0.338 e. The van der Waals surface area contributed by atoms with E-state index in [9.17, 15) is 19.7 Å². The number of hydrogen-bond acceptors (Lipinski definition) is 7. The standard InChI is InChI=1S/C18H21N3O6/c1-4-26-18(23)13-8-12(9-14(10-13)21(24)25)17(22)19-11-15(20(2)3)16-6-5-7-27-16/h5-10,15H,4,11H2,1-3H3,(H,19,22). The average molecular weight is 375 g/mol. The highest BCUT2D eigenvalue weighted by molar-refractivity contribution is 5.99. The van der Waals surface area contributed by atoms with Gasteiger partial charge in [0.25, 0.3) is 11.6 Å². The van der Waals surface area contributed by atoms with Crippen molar-refractivity contribution in [2.45, 2.75) is 13.0 Å². The number of amides is 1. The highest BCUT2D eigenvalue weighted by Crippen LogP contribution is 2.20. The predicted octanol–water partition coefficient (Wildman–Crippen LogP) is 2.40. The van der Waals surface area contributed by atoms with E-state index >= 15 is 0 Å². The second-order valence-corrected chi connectivity index (χ2v) is 5.95. The van der Waals surface area contributed by atoms with Crippen molar-refractivity contribution in [1.29, 1.82) is 0 Å². The number of hydrogen-bond donors (Lipinski definition) is 1. The Balaban J connectivity index is 2.21. The van der Waals surface area contributed by atoms with Crippen molar-refractivity contribution >= 4 is 17.6 Å². The van der Waals surface area contributed by atoms with Gasteiger partial charge < -0.3 is 14.5 Å². The largest absolute Gasteiger partial charge is 0.468 e. The maximum atomic E-state index is 12.5. The second kappa shape index (κ2) is 8.95. The first-order valence-electron chi connectivity index (χ1n) is 8.28. The molecule has 9 nitrogen and oxygen atoms in total. The summed E-state index contributed by atoms with van der Waals surface area (Å²) in [7, 11) is 3.68. The van der Waals surface area contributed by atoms with Crippen molar-refractivity contribution in [2.24, 2.45) is 0 Å². The summed E-state index contributed by atoms with van der Waals surface area (Å²) in [5.41, 5.74) is -0.406. The van der Waals surface area contributed by atoms with Gasteiger partial charge in [-0.3, -0.25) is 19.8 Å². The van der Waals surface area contributed by atoms with Gasteiger partial charge in [0.15, 0.2) is 0 Å². The fourth-order valence-electron chi connectivity index (χ4n) is 2.49. The number of nitrogens with zero attached hydrogens (tertiary/aromatic N) is 2. The number of esters is 1. The van der Waals surface area contributed by atoms with Crippen LogP contribution < -0.4 is 5.32 Å². The van der Waals surface area contributed by atoms with Crippen molar-refractivity contribution in [3.63, 3.8) is 0 Å². The summed E-state index contributed by atoms with van der Waals surface area (Å²) in [6.07, 6.45) is 1.54. The van der Waals surface area contributed by atoms with Gasteiger partial charge in [0.05, 0.1) is 29.4 Å². The zero-order valence-corrected chi connectivity index (χ0v) is 15.3. The number of carbonyl (C=O) groups is 2. The molecule has 1 aromatic heterocycles. The Kier molecular flexibility index (Phi) is 6.67. The number of carbonyl (C=O) groups excluding carboxylic acids is 2. The third-order valence-electron chi connectivity index (χ3n) is 3.85. The fourth-order valence-corrected chi connectivity index (χ4v) is 2.49. The molecule has 0 radical (unpaired) electrons. The van der Waals surface area contributed by atoms with Crippen molar-refractivity contribution in [3.05, 3.63) is 63.6 Å². The number of rotatable bonds is 8. The number of nitro groups is 1. The van der Waals surface area contributed by atoms with Gasteiger partial charge in [0.2, 0.25) is 0 Å². The Labute approximate surface area is 156 Å². The number of furan rings is 1.